The van der Waals surface area contributed by atoms with Crippen molar-refractivity contribution >= 4 is 50.6 Å². The number of carbonyl (C=O) groups excluding carboxylic acids is 3. The number of anilines is 2. The van der Waals surface area contributed by atoms with Crippen LogP contribution in [0.15, 0.2) is 36.4 Å². The van der Waals surface area contributed by atoms with Crippen molar-refractivity contribution in [3.8, 4) is 17.6 Å². The van der Waals surface area contributed by atoms with Crippen molar-refractivity contribution < 1.29 is 50.2 Å². The molecule has 1 fully saturated rings. The molecule has 17 heteroatoms. The molecule has 0 bridgehead atoms. The average Bonchev–Trinajstić information content (AvgIpc) is 3.40. The molecule has 0 saturated carbocycles. The van der Waals surface area contributed by atoms with Gasteiger partial charge < -0.3 is 36.1 Å². The maximum absolute atomic E-state index is 13.7. The zero-order valence-corrected chi connectivity index (χ0v) is 28.5. The summed E-state index contributed by atoms with van der Waals surface area (Å²) in [5.74, 6) is 2.72. The molecule has 0 spiro atoms. The van der Waals surface area contributed by atoms with Crippen LogP contribution < -0.4 is 26.4 Å². The number of nitrogens with one attached hydrogen (secondary N) is 3. The van der Waals surface area contributed by atoms with E-state index < -0.39 is 49.2 Å². The number of nitrogens with zero attached hydrogens (tertiary/aromatic N) is 1. The second-order valence-electron chi connectivity index (χ2n) is 11.9. The normalized spacial score (nSPS) is 14.7. The number of piperidine rings is 1. The molecule has 2 heterocycles. The van der Waals surface area contributed by atoms with E-state index in [4.69, 9.17) is 10.5 Å². The number of esters is 1. The van der Waals surface area contributed by atoms with E-state index in [1.807, 2.05) is 13.1 Å². The molecule has 51 heavy (non-hydrogen) atoms. The van der Waals surface area contributed by atoms with Gasteiger partial charge in [0.15, 0.2) is 6.61 Å². The van der Waals surface area contributed by atoms with Crippen LogP contribution in [0.25, 0.3) is 10.1 Å². The molecule has 1 unspecified atom stereocenters. The highest BCUT2D eigenvalue weighted by atomic mass is 32.1. The Morgan fingerprint density at radius 1 is 1.06 bits per heavy atom. The summed E-state index contributed by atoms with van der Waals surface area (Å²) >= 11 is 1.13. The quantitative estimate of drug-likeness (QED) is 0.103. The molecule has 1 aromatic heterocycles. The minimum atomic E-state index is -4.73. The molecular weight excluding hydrogens is 704 g/mol. The van der Waals surface area contributed by atoms with Crippen LogP contribution in [0.4, 0.5) is 37.7 Å². The maximum Gasteiger partial charge on any atom is 0.422 e. The van der Waals surface area contributed by atoms with Crippen LogP contribution in [-0.2, 0) is 20.7 Å². The lowest BCUT2D eigenvalue weighted by atomic mass is 10.0. The van der Waals surface area contributed by atoms with Crippen molar-refractivity contribution in [2.45, 2.75) is 56.5 Å². The Labute approximate surface area is 294 Å². The number of primary amides is 1. The number of amides is 2. The Balaban J connectivity index is 1.57. The number of ether oxygens (including phenoxy) is 2. The molecule has 0 aliphatic carbocycles. The first-order chi connectivity index (χ1) is 24.0. The van der Waals surface area contributed by atoms with E-state index in [9.17, 15) is 40.7 Å². The first-order valence-electron chi connectivity index (χ1n) is 15.8. The van der Waals surface area contributed by atoms with E-state index in [1.54, 1.807) is 12.1 Å². The van der Waals surface area contributed by atoms with Crippen LogP contribution >= 0.6 is 11.3 Å². The lowest BCUT2D eigenvalue weighted by Crippen LogP contribution is -2.42. The van der Waals surface area contributed by atoms with Gasteiger partial charge in [-0.25, -0.2) is 4.79 Å². The lowest BCUT2D eigenvalue weighted by molar-refractivity contribution is -0.153. The molecule has 276 valence electrons. The Morgan fingerprint density at radius 2 is 1.78 bits per heavy atom. The Kier molecular flexibility index (Phi) is 13.0. The van der Waals surface area contributed by atoms with Gasteiger partial charge in [0, 0.05) is 18.0 Å². The average molecular weight is 742 g/mol. The SMILES string of the molecule is COC(=O)C(CCC(N)=O)NC(=O)c1ccc(NCC#Cc2sc3c(NC4CCN(C)CC4)cccc3c2CC(F)(F)F)c(OCC(F)(F)F)c1. The van der Waals surface area contributed by atoms with Crippen LogP contribution in [0.3, 0.4) is 0 Å². The van der Waals surface area contributed by atoms with Crippen molar-refractivity contribution in [3.05, 3.63) is 52.4 Å². The monoisotopic (exact) mass is 741 g/mol. The smallest absolute Gasteiger partial charge is 0.422 e. The molecule has 5 N–H and O–H groups in total. The Bertz CT molecular complexity index is 1780. The first-order valence-corrected chi connectivity index (χ1v) is 16.6. The minimum Gasteiger partial charge on any atom is -0.482 e. The summed E-state index contributed by atoms with van der Waals surface area (Å²) < 4.78 is 90.5. The summed E-state index contributed by atoms with van der Waals surface area (Å²) in [6.07, 6.45) is -9.08. The van der Waals surface area contributed by atoms with Gasteiger partial charge in [0.2, 0.25) is 5.91 Å². The van der Waals surface area contributed by atoms with Gasteiger partial charge in [0.1, 0.15) is 11.8 Å². The maximum atomic E-state index is 13.7. The van der Waals surface area contributed by atoms with Gasteiger partial charge in [-0.1, -0.05) is 24.0 Å². The van der Waals surface area contributed by atoms with Gasteiger partial charge in [-0.05, 0) is 74.6 Å². The molecule has 1 aliphatic heterocycles. The zero-order valence-electron chi connectivity index (χ0n) is 27.7. The number of benzene rings is 2. The summed E-state index contributed by atoms with van der Waals surface area (Å²) in [5.41, 5.74) is 5.72. The van der Waals surface area contributed by atoms with E-state index in [0.717, 1.165) is 56.1 Å². The third kappa shape index (κ3) is 11.7. The van der Waals surface area contributed by atoms with Crippen molar-refractivity contribution in [1.29, 1.82) is 0 Å². The predicted octanol–water partition coefficient (Wildman–Crippen LogP) is 5.45. The van der Waals surface area contributed by atoms with E-state index >= 15 is 0 Å². The number of halogens is 6. The van der Waals surface area contributed by atoms with Gasteiger partial charge in [0.25, 0.3) is 5.91 Å². The van der Waals surface area contributed by atoms with Crippen LogP contribution in [0, 0.1) is 11.8 Å². The number of alkyl halides is 6. The van der Waals surface area contributed by atoms with Crippen molar-refractivity contribution in [3.63, 3.8) is 0 Å². The Hall–Kier alpha value is -4.69. The summed E-state index contributed by atoms with van der Waals surface area (Å²) in [6.45, 7) is -0.104. The van der Waals surface area contributed by atoms with Crippen LogP contribution in [0.2, 0.25) is 0 Å². The molecule has 1 saturated heterocycles. The highest BCUT2D eigenvalue weighted by Crippen LogP contribution is 2.39. The Morgan fingerprint density at radius 3 is 2.43 bits per heavy atom. The van der Waals surface area contributed by atoms with E-state index in [2.05, 4.69) is 37.4 Å². The second kappa shape index (κ2) is 17.0. The third-order valence-corrected chi connectivity index (χ3v) is 9.15. The molecule has 3 aromatic rings. The van der Waals surface area contributed by atoms with Gasteiger partial charge in [-0.15, -0.1) is 11.3 Å². The predicted molar refractivity (Wildman–Crippen MR) is 181 cm³/mol. The standard InChI is InChI=1S/C34H37F6N5O5S/c1-45-15-12-21(13-16-45)43-25-6-3-5-22-23(18-33(35,36)37)28(51-30(22)25)7-4-14-42-24-9-8-20(17-27(24)50-19-34(38,39)40)31(47)44-26(32(48)49-2)10-11-29(41)46/h3,5-6,8-9,17,21,26,42-43H,10-16,18-19H2,1-2H3,(H2,41,46)(H,44,47). The number of nitrogens with two attached hydrogens (primary N) is 1. The summed E-state index contributed by atoms with van der Waals surface area (Å²) in [7, 11) is 3.10. The molecule has 4 rings (SSSR count). The number of hydrogen-bond acceptors (Lipinski definition) is 9. The highest BCUT2D eigenvalue weighted by molar-refractivity contribution is 7.20. The molecule has 2 aromatic carbocycles. The van der Waals surface area contributed by atoms with Gasteiger partial charge in [-0.2, -0.15) is 26.3 Å². The highest BCUT2D eigenvalue weighted by Gasteiger charge is 2.32. The molecule has 1 atom stereocenters. The summed E-state index contributed by atoms with van der Waals surface area (Å²) in [5, 5.41) is 9.09. The van der Waals surface area contributed by atoms with Crippen LogP contribution in [0.5, 0.6) is 5.75 Å². The van der Waals surface area contributed by atoms with Gasteiger partial charge in [-0.3, -0.25) is 9.59 Å². The van der Waals surface area contributed by atoms with Crippen molar-refractivity contribution in [1.82, 2.24) is 10.2 Å². The number of carbonyl (C=O) groups is 3. The number of thiophene rings is 1. The molecule has 10 nitrogen and oxygen atoms in total. The largest absolute Gasteiger partial charge is 0.482 e. The third-order valence-electron chi connectivity index (χ3n) is 7.95. The second-order valence-corrected chi connectivity index (χ2v) is 13.0. The first kappa shape index (κ1) is 39.1. The number of rotatable bonds is 13. The summed E-state index contributed by atoms with van der Waals surface area (Å²) in [4.78, 5) is 38.6. The number of fused-ring (bicyclic) bond motifs is 1. The van der Waals surface area contributed by atoms with Gasteiger partial charge >= 0.3 is 18.3 Å². The minimum absolute atomic E-state index is 0.0137. The van der Waals surface area contributed by atoms with Crippen molar-refractivity contribution in [2.24, 2.45) is 5.73 Å². The number of hydrogen-bond donors (Lipinski definition) is 4. The molecular formula is C34H37F6N5O5S. The van der Waals surface area contributed by atoms with E-state index in [1.165, 1.54) is 12.1 Å². The zero-order chi connectivity index (χ0) is 37.3. The topological polar surface area (TPSA) is 135 Å². The fourth-order valence-electron chi connectivity index (χ4n) is 5.41. The molecule has 1 aliphatic rings. The fourth-order valence-corrected chi connectivity index (χ4v) is 6.58. The van der Waals surface area contributed by atoms with Crippen LogP contribution in [0.1, 0.15) is 46.5 Å². The van der Waals surface area contributed by atoms with Crippen molar-refractivity contribution in [2.75, 3.05) is 51.0 Å². The number of likely N-dealkylation sites (tertiary alicyclic amines) is 1. The van der Waals surface area contributed by atoms with E-state index in [0.29, 0.717) is 10.1 Å². The van der Waals surface area contributed by atoms with E-state index in [-0.39, 0.29) is 52.9 Å². The molecule has 2 amide bonds. The van der Waals surface area contributed by atoms with Gasteiger partial charge in [0.05, 0.1) is 41.0 Å². The lowest BCUT2D eigenvalue weighted by Gasteiger charge is -2.30. The summed E-state index contributed by atoms with van der Waals surface area (Å²) in [6, 6.07) is 7.59. The molecule has 0 radical (unpaired) electrons. The number of methoxy groups -OCH3 is 1. The van der Waals surface area contributed by atoms with Crippen LogP contribution in [-0.4, -0.2) is 87.5 Å². The fraction of sp³-hybridized carbons (Fsp3) is 0.441.